The first kappa shape index (κ1) is 15.8. The van der Waals surface area contributed by atoms with Crippen LogP contribution in [0.3, 0.4) is 0 Å². The molecule has 0 bridgehead atoms. The smallest absolute Gasteiger partial charge is 0.330 e. The maximum absolute atomic E-state index is 12.2. The molecule has 8 heteroatoms. The van der Waals surface area contributed by atoms with E-state index in [9.17, 15) is 19.8 Å². The molecule has 0 spiro atoms. The number of furan rings is 1. The molecule has 3 atom stereocenters. The number of aliphatic hydroxyl groups excluding tert-OH is 2. The fraction of sp³-hybridized carbons (Fsp3) is 0.294. The molecule has 3 heterocycles. The first-order chi connectivity index (χ1) is 12.1. The van der Waals surface area contributed by atoms with Crippen LogP contribution in [0.5, 0.6) is 0 Å². The van der Waals surface area contributed by atoms with Gasteiger partial charge in [-0.1, -0.05) is 18.2 Å². The van der Waals surface area contributed by atoms with Crippen LogP contribution < -0.4 is 11.2 Å². The van der Waals surface area contributed by atoms with Gasteiger partial charge in [0.25, 0.3) is 5.56 Å². The third kappa shape index (κ3) is 2.70. The number of ether oxygens (including phenoxy) is 1. The summed E-state index contributed by atoms with van der Waals surface area (Å²) in [5, 5.41) is 19.9. The van der Waals surface area contributed by atoms with Crippen molar-refractivity contribution in [3.63, 3.8) is 0 Å². The Balaban J connectivity index is 1.79. The SMILES string of the molecule is O=c1[nH]c(=O)n([C@H]2C[C@H](O)[C@@H](CO)O2)cc1-c1cc2ccccc2o1. The number of hydrogen-bond acceptors (Lipinski definition) is 6. The topological polar surface area (TPSA) is 118 Å². The molecule has 2 aromatic heterocycles. The Labute approximate surface area is 140 Å². The van der Waals surface area contributed by atoms with E-state index in [0.29, 0.717) is 11.3 Å². The minimum absolute atomic E-state index is 0.136. The number of para-hydroxylation sites is 1. The Bertz CT molecular complexity index is 1000. The highest BCUT2D eigenvalue weighted by molar-refractivity contribution is 5.82. The normalized spacial score (nSPS) is 23.4. The monoisotopic (exact) mass is 344 g/mol. The highest BCUT2D eigenvalue weighted by Gasteiger charge is 2.35. The third-order valence-corrected chi connectivity index (χ3v) is 4.35. The fourth-order valence-electron chi connectivity index (χ4n) is 3.04. The highest BCUT2D eigenvalue weighted by Crippen LogP contribution is 2.29. The minimum atomic E-state index is -0.886. The summed E-state index contributed by atoms with van der Waals surface area (Å²) >= 11 is 0. The van der Waals surface area contributed by atoms with E-state index in [1.807, 2.05) is 18.2 Å². The van der Waals surface area contributed by atoms with Crippen LogP contribution in [-0.4, -0.2) is 38.6 Å². The van der Waals surface area contributed by atoms with Crippen molar-refractivity contribution in [1.29, 1.82) is 0 Å². The number of H-pyrrole nitrogens is 1. The van der Waals surface area contributed by atoms with Gasteiger partial charge in [0.15, 0.2) is 0 Å². The summed E-state index contributed by atoms with van der Waals surface area (Å²) in [6.07, 6.45) is -0.936. The van der Waals surface area contributed by atoms with Crippen LogP contribution in [0.4, 0.5) is 0 Å². The van der Waals surface area contributed by atoms with Gasteiger partial charge in [0.1, 0.15) is 23.7 Å². The predicted molar refractivity (Wildman–Crippen MR) is 88.2 cm³/mol. The Morgan fingerprint density at radius 1 is 1.28 bits per heavy atom. The minimum Gasteiger partial charge on any atom is -0.456 e. The lowest BCUT2D eigenvalue weighted by Crippen LogP contribution is -2.33. The van der Waals surface area contributed by atoms with E-state index < -0.39 is 29.7 Å². The zero-order chi connectivity index (χ0) is 17.6. The van der Waals surface area contributed by atoms with Crippen LogP contribution in [0.25, 0.3) is 22.3 Å². The second-order valence-electron chi connectivity index (χ2n) is 5.97. The van der Waals surface area contributed by atoms with Crippen LogP contribution >= 0.6 is 0 Å². The molecule has 4 rings (SSSR count). The molecular formula is C17H16N2O6. The molecular weight excluding hydrogens is 328 g/mol. The first-order valence-electron chi connectivity index (χ1n) is 7.85. The number of aromatic nitrogens is 2. The molecule has 1 aliphatic heterocycles. The van der Waals surface area contributed by atoms with E-state index in [1.54, 1.807) is 12.1 Å². The molecule has 1 aromatic carbocycles. The van der Waals surface area contributed by atoms with Gasteiger partial charge in [-0.15, -0.1) is 0 Å². The van der Waals surface area contributed by atoms with Gasteiger partial charge in [0, 0.05) is 18.0 Å². The fourth-order valence-corrected chi connectivity index (χ4v) is 3.04. The van der Waals surface area contributed by atoms with E-state index in [0.717, 1.165) is 5.39 Å². The number of benzene rings is 1. The number of rotatable bonds is 3. The molecule has 0 aliphatic carbocycles. The molecule has 0 amide bonds. The number of fused-ring (bicyclic) bond motifs is 1. The first-order valence-corrected chi connectivity index (χ1v) is 7.85. The van der Waals surface area contributed by atoms with Crippen molar-refractivity contribution in [2.45, 2.75) is 24.9 Å². The lowest BCUT2D eigenvalue weighted by atomic mass is 10.2. The summed E-state index contributed by atoms with van der Waals surface area (Å²) in [5.41, 5.74) is -0.415. The summed E-state index contributed by atoms with van der Waals surface area (Å²) in [7, 11) is 0. The molecule has 0 unspecified atom stereocenters. The van der Waals surface area contributed by atoms with Gasteiger partial charge >= 0.3 is 5.69 Å². The highest BCUT2D eigenvalue weighted by atomic mass is 16.5. The van der Waals surface area contributed by atoms with E-state index >= 15 is 0 Å². The van der Waals surface area contributed by atoms with E-state index in [2.05, 4.69) is 4.98 Å². The van der Waals surface area contributed by atoms with Gasteiger partial charge in [-0.2, -0.15) is 0 Å². The van der Waals surface area contributed by atoms with E-state index in [-0.39, 0.29) is 18.6 Å². The maximum Gasteiger partial charge on any atom is 0.330 e. The van der Waals surface area contributed by atoms with Gasteiger partial charge in [0.2, 0.25) is 0 Å². The lowest BCUT2D eigenvalue weighted by molar-refractivity contribution is -0.0458. The van der Waals surface area contributed by atoms with Gasteiger partial charge in [-0.05, 0) is 12.1 Å². The number of nitrogens with zero attached hydrogens (tertiary/aromatic N) is 1. The second kappa shape index (κ2) is 5.99. The number of aromatic amines is 1. The van der Waals surface area contributed by atoms with Crippen molar-refractivity contribution in [2.75, 3.05) is 6.61 Å². The molecule has 8 nitrogen and oxygen atoms in total. The second-order valence-corrected chi connectivity index (χ2v) is 5.97. The van der Waals surface area contributed by atoms with Crippen LogP contribution in [0, 0.1) is 0 Å². The lowest BCUT2D eigenvalue weighted by Gasteiger charge is -2.14. The Kier molecular flexibility index (Phi) is 3.79. The summed E-state index contributed by atoms with van der Waals surface area (Å²) in [6, 6.07) is 9.04. The molecule has 3 N–H and O–H groups in total. The van der Waals surface area contributed by atoms with Gasteiger partial charge in [-0.25, -0.2) is 4.79 Å². The largest absolute Gasteiger partial charge is 0.456 e. The van der Waals surface area contributed by atoms with Crippen molar-refractivity contribution >= 4 is 11.0 Å². The van der Waals surface area contributed by atoms with Crippen LogP contribution in [0.2, 0.25) is 0 Å². The van der Waals surface area contributed by atoms with E-state index in [1.165, 1.54) is 10.8 Å². The number of aliphatic hydroxyl groups is 2. The van der Waals surface area contributed by atoms with Gasteiger partial charge in [0.05, 0.1) is 18.3 Å². The number of hydrogen-bond donors (Lipinski definition) is 3. The Morgan fingerprint density at radius 2 is 2.08 bits per heavy atom. The quantitative estimate of drug-likeness (QED) is 0.640. The summed E-state index contributed by atoms with van der Waals surface area (Å²) in [5.74, 6) is 0.327. The van der Waals surface area contributed by atoms with Crippen LogP contribution in [0.1, 0.15) is 12.6 Å². The van der Waals surface area contributed by atoms with Crippen molar-refractivity contribution in [3.05, 3.63) is 57.4 Å². The maximum atomic E-state index is 12.2. The van der Waals surface area contributed by atoms with Crippen LogP contribution in [0.15, 0.2) is 50.5 Å². The van der Waals surface area contributed by atoms with Crippen LogP contribution in [-0.2, 0) is 4.74 Å². The molecule has 0 saturated carbocycles. The summed E-state index contributed by atoms with van der Waals surface area (Å²) in [4.78, 5) is 26.6. The van der Waals surface area contributed by atoms with E-state index in [4.69, 9.17) is 9.15 Å². The van der Waals surface area contributed by atoms with Gasteiger partial charge < -0.3 is 19.4 Å². The average Bonchev–Trinajstić information content (AvgIpc) is 3.18. The summed E-state index contributed by atoms with van der Waals surface area (Å²) in [6.45, 7) is -0.355. The zero-order valence-electron chi connectivity index (χ0n) is 13.1. The zero-order valence-corrected chi connectivity index (χ0v) is 13.1. The molecule has 1 saturated heterocycles. The predicted octanol–water partition coefficient (Wildman–Crippen LogP) is 0.591. The van der Waals surface area contributed by atoms with Gasteiger partial charge in [-0.3, -0.25) is 14.3 Å². The molecule has 1 fully saturated rings. The summed E-state index contributed by atoms with van der Waals surface area (Å²) < 4.78 is 12.4. The molecule has 130 valence electrons. The van der Waals surface area contributed by atoms with Crippen molar-refractivity contribution in [3.8, 4) is 11.3 Å². The Hall–Kier alpha value is -2.68. The van der Waals surface area contributed by atoms with Crippen molar-refractivity contribution in [2.24, 2.45) is 0 Å². The number of nitrogens with one attached hydrogen (secondary N) is 1. The van der Waals surface area contributed by atoms with Crippen molar-refractivity contribution in [1.82, 2.24) is 9.55 Å². The average molecular weight is 344 g/mol. The Morgan fingerprint density at radius 3 is 2.80 bits per heavy atom. The third-order valence-electron chi connectivity index (χ3n) is 4.35. The molecule has 1 aliphatic rings. The molecule has 0 radical (unpaired) electrons. The molecule has 3 aromatic rings. The molecule has 25 heavy (non-hydrogen) atoms. The van der Waals surface area contributed by atoms with Crippen molar-refractivity contribution < 1.29 is 19.4 Å². The standard InChI is InChI=1S/C17H16N2O6/c20-8-14-11(21)6-15(25-14)19-7-10(16(22)18-17(19)23)13-5-9-3-1-2-4-12(9)24-13/h1-5,7,11,14-15,20-21H,6,8H2,(H,18,22,23)/t11-,14+,15+/m0/s1.